The van der Waals surface area contributed by atoms with E-state index < -0.39 is 0 Å². The van der Waals surface area contributed by atoms with Crippen LogP contribution in [0.15, 0.2) is 29.3 Å². The third kappa shape index (κ3) is 10.2. The largest absolute Gasteiger partial charge is 0.369 e. The van der Waals surface area contributed by atoms with Crippen LogP contribution in [0.5, 0.6) is 0 Å². The molecule has 6 nitrogen and oxygen atoms in total. The zero-order valence-electron chi connectivity index (χ0n) is 19.7. The van der Waals surface area contributed by atoms with Crippen LogP contribution in [0, 0.1) is 11.8 Å². The molecule has 7 heteroatoms. The Kier molecular flexibility index (Phi) is 13.1. The number of unbranched alkanes of at least 4 members (excludes halogenated alkanes) is 1. The fraction of sp³-hybridized carbons (Fsp3) is 0.667. The number of amides is 1. The summed E-state index contributed by atoms with van der Waals surface area (Å²) in [5, 5.41) is 6.91. The topological polar surface area (TPSA) is 82.8 Å². The lowest BCUT2D eigenvalue weighted by molar-refractivity contribution is -0.123. The van der Waals surface area contributed by atoms with Crippen LogP contribution in [-0.2, 0) is 11.2 Å². The smallest absolute Gasteiger partial charge is 0.220 e. The number of nitrogens with one attached hydrogen (secondary N) is 2. The lowest BCUT2D eigenvalue weighted by atomic mass is 9.96. The van der Waals surface area contributed by atoms with Gasteiger partial charge in [-0.2, -0.15) is 0 Å². The monoisotopic (exact) mass is 543 g/mol. The van der Waals surface area contributed by atoms with E-state index in [1.54, 1.807) is 0 Å². The molecule has 1 aromatic carbocycles. The van der Waals surface area contributed by atoms with E-state index in [4.69, 9.17) is 5.73 Å². The summed E-state index contributed by atoms with van der Waals surface area (Å²) >= 11 is 0. The van der Waals surface area contributed by atoms with Crippen LogP contribution >= 0.6 is 24.0 Å². The van der Waals surface area contributed by atoms with E-state index in [2.05, 4.69) is 65.6 Å². The minimum absolute atomic E-state index is 0. The molecule has 1 amide bonds. The molecular weight excluding hydrogens is 501 g/mol. The van der Waals surface area contributed by atoms with Crippen molar-refractivity contribution in [3.8, 4) is 0 Å². The van der Waals surface area contributed by atoms with Crippen molar-refractivity contribution in [3.05, 3.63) is 35.4 Å². The molecule has 1 fully saturated rings. The van der Waals surface area contributed by atoms with E-state index in [-0.39, 0.29) is 41.8 Å². The summed E-state index contributed by atoms with van der Waals surface area (Å²) in [6.45, 7) is 10.6. The first kappa shape index (κ1) is 27.7. The van der Waals surface area contributed by atoms with Crippen molar-refractivity contribution in [2.45, 2.75) is 58.9 Å². The highest BCUT2D eigenvalue weighted by atomic mass is 127. The third-order valence-corrected chi connectivity index (χ3v) is 5.88. The van der Waals surface area contributed by atoms with Crippen molar-refractivity contribution < 1.29 is 4.79 Å². The maximum Gasteiger partial charge on any atom is 0.220 e. The predicted molar refractivity (Wildman–Crippen MR) is 141 cm³/mol. The van der Waals surface area contributed by atoms with Gasteiger partial charge in [0.2, 0.25) is 5.91 Å². The van der Waals surface area contributed by atoms with Crippen LogP contribution in [0.4, 0.5) is 0 Å². The molecule has 31 heavy (non-hydrogen) atoms. The Balaban J connectivity index is 0.00000480. The second-order valence-electron chi connectivity index (χ2n) is 8.93. The fourth-order valence-corrected chi connectivity index (χ4v) is 4.01. The SMILES string of the molecule is CN=C(NCCCCN1CCC(C(N)=O)CC1)NC(C)c1ccc(CC(C)C)cc1.I. The Hall–Kier alpha value is -1.35. The Morgan fingerprint density at radius 1 is 1.16 bits per heavy atom. The van der Waals surface area contributed by atoms with E-state index >= 15 is 0 Å². The molecule has 1 heterocycles. The van der Waals surface area contributed by atoms with Gasteiger partial charge in [-0.05, 0) is 75.7 Å². The molecule has 1 unspecified atom stereocenters. The minimum Gasteiger partial charge on any atom is -0.369 e. The lowest BCUT2D eigenvalue weighted by Crippen LogP contribution is -2.40. The maximum atomic E-state index is 11.3. The highest BCUT2D eigenvalue weighted by molar-refractivity contribution is 14.0. The Morgan fingerprint density at radius 3 is 2.35 bits per heavy atom. The molecule has 4 N–H and O–H groups in total. The molecule has 0 bridgehead atoms. The first-order valence-corrected chi connectivity index (χ1v) is 11.5. The van der Waals surface area contributed by atoms with E-state index in [1.165, 1.54) is 11.1 Å². The van der Waals surface area contributed by atoms with E-state index in [1.807, 2.05) is 7.05 Å². The molecule has 0 radical (unpaired) electrons. The fourth-order valence-electron chi connectivity index (χ4n) is 4.01. The molecule has 1 aromatic rings. The van der Waals surface area contributed by atoms with Crippen LogP contribution < -0.4 is 16.4 Å². The van der Waals surface area contributed by atoms with Crippen LogP contribution in [0.1, 0.15) is 63.6 Å². The number of rotatable bonds is 10. The number of benzene rings is 1. The minimum atomic E-state index is -0.140. The Labute approximate surface area is 205 Å². The van der Waals surface area contributed by atoms with Gasteiger partial charge in [-0.25, -0.2) is 0 Å². The van der Waals surface area contributed by atoms with Crippen LogP contribution in [-0.4, -0.2) is 50.0 Å². The number of hydrogen-bond acceptors (Lipinski definition) is 3. The summed E-state index contributed by atoms with van der Waals surface area (Å²) in [5.41, 5.74) is 8.07. The van der Waals surface area contributed by atoms with Crippen LogP contribution in [0.25, 0.3) is 0 Å². The Bertz CT molecular complexity index is 669. The number of hydrogen-bond donors (Lipinski definition) is 3. The third-order valence-electron chi connectivity index (χ3n) is 5.88. The van der Waals surface area contributed by atoms with Gasteiger partial charge in [0.25, 0.3) is 0 Å². The van der Waals surface area contributed by atoms with Crippen molar-refractivity contribution in [3.63, 3.8) is 0 Å². The number of piperidine rings is 1. The zero-order chi connectivity index (χ0) is 21.9. The number of carbonyl (C=O) groups excluding carboxylic acids is 1. The quantitative estimate of drug-likeness (QED) is 0.182. The number of carbonyl (C=O) groups is 1. The second-order valence-corrected chi connectivity index (χ2v) is 8.93. The Morgan fingerprint density at radius 2 is 1.81 bits per heavy atom. The molecule has 1 aliphatic rings. The van der Waals surface area contributed by atoms with Gasteiger partial charge in [0.05, 0.1) is 6.04 Å². The average molecular weight is 544 g/mol. The van der Waals surface area contributed by atoms with Crippen LogP contribution in [0.2, 0.25) is 0 Å². The first-order chi connectivity index (χ1) is 14.4. The predicted octanol–water partition coefficient (Wildman–Crippen LogP) is 3.71. The normalized spacial score (nSPS) is 16.6. The molecule has 1 atom stereocenters. The zero-order valence-corrected chi connectivity index (χ0v) is 22.0. The van der Waals surface area contributed by atoms with E-state index in [0.717, 1.165) is 64.2 Å². The summed E-state index contributed by atoms with van der Waals surface area (Å²) in [6.07, 6.45) is 5.16. The van der Waals surface area contributed by atoms with Crippen molar-refractivity contribution in [1.82, 2.24) is 15.5 Å². The number of primary amides is 1. The molecular formula is C24H42IN5O. The van der Waals surface area contributed by atoms with Crippen molar-refractivity contribution in [2.24, 2.45) is 22.6 Å². The molecule has 0 saturated carbocycles. The molecule has 1 aliphatic heterocycles. The number of nitrogens with zero attached hydrogens (tertiary/aromatic N) is 2. The lowest BCUT2D eigenvalue weighted by Gasteiger charge is -2.30. The van der Waals surface area contributed by atoms with E-state index in [9.17, 15) is 4.79 Å². The van der Waals surface area contributed by atoms with Gasteiger partial charge in [0, 0.05) is 19.5 Å². The number of halogens is 1. The van der Waals surface area contributed by atoms with Gasteiger partial charge < -0.3 is 21.3 Å². The van der Waals surface area contributed by atoms with Gasteiger partial charge in [0.1, 0.15) is 0 Å². The summed E-state index contributed by atoms with van der Waals surface area (Å²) < 4.78 is 0. The van der Waals surface area contributed by atoms with Gasteiger partial charge in [-0.3, -0.25) is 9.79 Å². The average Bonchev–Trinajstić information content (AvgIpc) is 2.73. The molecule has 0 aromatic heterocycles. The first-order valence-electron chi connectivity index (χ1n) is 11.5. The van der Waals surface area contributed by atoms with Gasteiger partial charge in [-0.15, -0.1) is 24.0 Å². The number of aliphatic imine (C=N–C) groups is 1. The summed E-state index contributed by atoms with van der Waals surface area (Å²) in [6, 6.07) is 9.09. The number of likely N-dealkylation sites (tertiary alicyclic amines) is 1. The number of nitrogens with two attached hydrogens (primary N) is 1. The van der Waals surface area contributed by atoms with Gasteiger partial charge in [0.15, 0.2) is 5.96 Å². The van der Waals surface area contributed by atoms with E-state index in [0.29, 0.717) is 5.92 Å². The highest BCUT2D eigenvalue weighted by Crippen LogP contribution is 2.17. The highest BCUT2D eigenvalue weighted by Gasteiger charge is 2.22. The molecule has 0 aliphatic carbocycles. The molecule has 2 rings (SSSR count). The van der Waals surface area contributed by atoms with Gasteiger partial charge >= 0.3 is 0 Å². The molecule has 0 spiro atoms. The second kappa shape index (κ2) is 14.7. The molecule has 1 saturated heterocycles. The number of guanidine groups is 1. The van der Waals surface area contributed by atoms with Crippen molar-refractivity contribution in [1.29, 1.82) is 0 Å². The van der Waals surface area contributed by atoms with Gasteiger partial charge in [-0.1, -0.05) is 38.1 Å². The maximum absolute atomic E-state index is 11.3. The van der Waals surface area contributed by atoms with Crippen LogP contribution in [0.3, 0.4) is 0 Å². The van der Waals surface area contributed by atoms with Crippen molar-refractivity contribution in [2.75, 3.05) is 33.2 Å². The summed E-state index contributed by atoms with van der Waals surface area (Å²) in [4.78, 5) is 18.1. The summed E-state index contributed by atoms with van der Waals surface area (Å²) in [7, 11) is 1.82. The standard InChI is InChI=1S/C24H41N5O.HI/c1-18(2)17-20-7-9-21(10-8-20)19(3)28-24(26-4)27-13-5-6-14-29-15-11-22(12-16-29)23(25)30;/h7-10,18-19,22H,5-6,11-17H2,1-4H3,(H2,25,30)(H2,26,27,28);1H. The molecule has 176 valence electrons. The summed E-state index contributed by atoms with van der Waals surface area (Å²) in [5.74, 6) is 1.46. The van der Waals surface area contributed by atoms with Crippen molar-refractivity contribution >= 4 is 35.8 Å².